The van der Waals surface area contributed by atoms with Crippen LogP contribution in [0, 0.1) is 5.82 Å². The van der Waals surface area contributed by atoms with E-state index in [1.54, 1.807) is 25.1 Å². The molecule has 0 aliphatic carbocycles. The molecule has 0 fully saturated rings. The van der Waals surface area contributed by atoms with E-state index in [-0.39, 0.29) is 24.1 Å². The Morgan fingerprint density at radius 1 is 1.30 bits per heavy atom. The molecule has 1 N–H and O–H groups in total. The van der Waals surface area contributed by atoms with Crippen molar-refractivity contribution in [2.75, 3.05) is 20.3 Å². The first-order valence-electron chi connectivity index (χ1n) is 8.68. The maximum atomic E-state index is 13.9. The molecule has 0 spiro atoms. The standard InChI is InChI=1S/C20H21ClFNO4/c1-12(14-4-5-17(25-2)16(22)11-14)23-19(24)10-13-8-15(21)20-18(9-13)26-6-3-7-27-20/h4-5,8-9,11-12H,3,6-7,10H2,1-2H3,(H,23,24). The molecule has 2 aromatic rings. The minimum Gasteiger partial charge on any atom is -0.494 e. The molecule has 0 radical (unpaired) electrons. The van der Waals surface area contributed by atoms with Gasteiger partial charge in [0.05, 0.1) is 37.8 Å². The zero-order valence-corrected chi connectivity index (χ0v) is 15.9. The summed E-state index contributed by atoms with van der Waals surface area (Å²) >= 11 is 6.26. The van der Waals surface area contributed by atoms with E-state index in [4.69, 9.17) is 25.8 Å². The van der Waals surface area contributed by atoms with Crippen LogP contribution < -0.4 is 19.5 Å². The fourth-order valence-corrected chi connectivity index (χ4v) is 3.19. The first-order chi connectivity index (χ1) is 13.0. The second kappa shape index (κ2) is 8.48. The number of hydrogen-bond donors (Lipinski definition) is 1. The van der Waals surface area contributed by atoms with Crippen molar-refractivity contribution in [1.82, 2.24) is 5.32 Å². The average molecular weight is 394 g/mol. The Kier molecular flexibility index (Phi) is 6.06. The van der Waals surface area contributed by atoms with Crippen molar-refractivity contribution in [2.45, 2.75) is 25.8 Å². The van der Waals surface area contributed by atoms with Crippen LogP contribution in [0.3, 0.4) is 0 Å². The number of hydrogen-bond acceptors (Lipinski definition) is 4. The summed E-state index contributed by atoms with van der Waals surface area (Å²) in [7, 11) is 1.41. The van der Waals surface area contributed by atoms with Crippen LogP contribution in [0.5, 0.6) is 17.2 Å². The smallest absolute Gasteiger partial charge is 0.224 e. The Morgan fingerprint density at radius 3 is 2.81 bits per heavy atom. The third kappa shape index (κ3) is 4.63. The first-order valence-corrected chi connectivity index (χ1v) is 9.06. The summed E-state index contributed by atoms with van der Waals surface area (Å²) in [5, 5.41) is 3.28. The molecule has 5 nitrogen and oxygen atoms in total. The Morgan fingerprint density at radius 2 is 2.07 bits per heavy atom. The third-order valence-electron chi connectivity index (χ3n) is 4.28. The van der Waals surface area contributed by atoms with Gasteiger partial charge >= 0.3 is 0 Å². The molecule has 3 rings (SSSR count). The molecule has 1 unspecified atom stereocenters. The zero-order valence-electron chi connectivity index (χ0n) is 15.2. The van der Waals surface area contributed by atoms with Gasteiger partial charge in [0.25, 0.3) is 0 Å². The molecule has 1 atom stereocenters. The summed E-state index contributed by atoms with van der Waals surface area (Å²) in [6.45, 7) is 2.88. The van der Waals surface area contributed by atoms with Crippen LogP contribution in [0.2, 0.25) is 5.02 Å². The highest BCUT2D eigenvalue weighted by Gasteiger charge is 2.18. The highest BCUT2D eigenvalue weighted by atomic mass is 35.5. The number of ether oxygens (including phenoxy) is 3. The number of nitrogens with one attached hydrogen (secondary N) is 1. The Bertz CT molecular complexity index is 843. The number of carbonyl (C=O) groups excluding carboxylic acids is 1. The summed E-state index contributed by atoms with van der Waals surface area (Å²) < 4.78 is 30.0. The molecule has 1 amide bonds. The number of carbonyl (C=O) groups is 1. The highest BCUT2D eigenvalue weighted by Crippen LogP contribution is 2.38. The van der Waals surface area contributed by atoms with Crippen LogP contribution in [-0.4, -0.2) is 26.2 Å². The summed E-state index contributed by atoms with van der Waals surface area (Å²) in [5.74, 6) is 0.558. The lowest BCUT2D eigenvalue weighted by molar-refractivity contribution is -0.121. The molecule has 2 aromatic carbocycles. The molecule has 0 saturated heterocycles. The van der Waals surface area contributed by atoms with E-state index < -0.39 is 5.82 Å². The van der Waals surface area contributed by atoms with Crippen LogP contribution in [0.15, 0.2) is 30.3 Å². The molecule has 27 heavy (non-hydrogen) atoms. The Hall–Kier alpha value is -2.47. The predicted molar refractivity (Wildman–Crippen MR) is 100 cm³/mol. The van der Waals surface area contributed by atoms with E-state index in [1.807, 2.05) is 0 Å². The quantitative estimate of drug-likeness (QED) is 0.832. The maximum Gasteiger partial charge on any atom is 0.224 e. The maximum absolute atomic E-state index is 13.9. The largest absolute Gasteiger partial charge is 0.494 e. The van der Waals surface area contributed by atoms with E-state index in [0.29, 0.717) is 35.3 Å². The lowest BCUT2D eigenvalue weighted by atomic mass is 10.1. The lowest BCUT2D eigenvalue weighted by Gasteiger charge is -2.16. The second-order valence-corrected chi connectivity index (χ2v) is 6.72. The van der Waals surface area contributed by atoms with Crippen molar-refractivity contribution < 1.29 is 23.4 Å². The van der Waals surface area contributed by atoms with Crippen molar-refractivity contribution in [3.63, 3.8) is 0 Å². The number of amides is 1. The van der Waals surface area contributed by atoms with E-state index in [1.165, 1.54) is 19.2 Å². The molecule has 0 bridgehead atoms. The fourth-order valence-electron chi connectivity index (χ4n) is 2.90. The number of methoxy groups -OCH3 is 1. The Balaban J connectivity index is 1.68. The van der Waals surface area contributed by atoms with Gasteiger partial charge in [0, 0.05) is 6.42 Å². The summed E-state index contributed by atoms with van der Waals surface area (Å²) in [4.78, 5) is 12.4. The van der Waals surface area contributed by atoms with Gasteiger partial charge < -0.3 is 19.5 Å². The molecule has 144 valence electrons. The number of benzene rings is 2. The van der Waals surface area contributed by atoms with E-state index >= 15 is 0 Å². The summed E-state index contributed by atoms with van der Waals surface area (Å²) in [6, 6.07) is 7.73. The van der Waals surface area contributed by atoms with Crippen molar-refractivity contribution in [2.24, 2.45) is 0 Å². The van der Waals surface area contributed by atoms with Crippen LogP contribution in [0.1, 0.15) is 30.5 Å². The van der Waals surface area contributed by atoms with Gasteiger partial charge in [0.2, 0.25) is 5.91 Å². The van der Waals surface area contributed by atoms with Crippen LogP contribution in [-0.2, 0) is 11.2 Å². The van der Waals surface area contributed by atoms with E-state index in [2.05, 4.69) is 5.32 Å². The fraction of sp³-hybridized carbons (Fsp3) is 0.350. The molecule has 7 heteroatoms. The summed E-state index contributed by atoms with van der Waals surface area (Å²) in [5.41, 5.74) is 1.37. The third-order valence-corrected chi connectivity index (χ3v) is 4.56. The monoisotopic (exact) mass is 393 g/mol. The molecular formula is C20H21ClFNO4. The first kappa shape index (κ1) is 19.3. The van der Waals surface area contributed by atoms with Gasteiger partial charge in [-0.1, -0.05) is 17.7 Å². The van der Waals surface area contributed by atoms with Gasteiger partial charge in [0.15, 0.2) is 23.1 Å². The lowest BCUT2D eigenvalue weighted by Crippen LogP contribution is -2.28. The summed E-state index contributed by atoms with van der Waals surface area (Å²) in [6.07, 6.45) is 0.899. The minimum absolute atomic E-state index is 0.124. The Labute approximate surface area is 162 Å². The normalized spacial score (nSPS) is 14.2. The molecule has 0 aromatic heterocycles. The van der Waals surface area contributed by atoms with Gasteiger partial charge in [0.1, 0.15) is 0 Å². The zero-order chi connectivity index (χ0) is 19.4. The molecule has 0 saturated carbocycles. The minimum atomic E-state index is -0.467. The van der Waals surface area contributed by atoms with Crippen molar-refractivity contribution >= 4 is 17.5 Å². The SMILES string of the molecule is COc1ccc(C(C)NC(=O)Cc2cc(Cl)c3c(c2)OCCCO3)cc1F. The van der Waals surface area contributed by atoms with Gasteiger partial charge in [-0.25, -0.2) is 4.39 Å². The van der Waals surface area contributed by atoms with Gasteiger partial charge in [-0.15, -0.1) is 0 Å². The van der Waals surface area contributed by atoms with Gasteiger partial charge in [-0.05, 0) is 42.3 Å². The molecule has 1 aliphatic rings. The second-order valence-electron chi connectivity index (χ2n) is 6.32. The number of fused-ring (bicyclic) bond motifs is 1. The van der Waals surface area contributed by atoms with E-state index in [9.17, 15) is 9.18 Å². The van der Waals surface area contributed by atoms with E-state index in [0.717, 1.165) is 12.0 Å². The highest BCUT2D eigenvalue weighted by molar-refractivity contribution is 6.32. The number of halogens is 2. The van der Waals surface area contributed by atoms with Crippen molar-refractivity contribution in [3.05, 3.63) is 52.3 Å². The van der Waals surface area contributed by atoms with Gasteiger partial charge in [-0.2, -0.15) is 0 Å². The topological polar surface area (TPSA) is 56.8 Å². The average Bonchev–Trinajstić information content (AvgIpc) is 2.87. The van der Waals surface area contributed by atoms with Crippen LogP contribution >= 0.6 is 11.6 Å². The predicted octanol–water partition coefficient (Wildman–Crippen LogP) is 4.07. The number of rotatable bonds is 5. The molecule has 1 aliphatic heterocycles. The van der Waals surface area contributed by atoms with Crippen LogP contribution in [0.4, 0.5) is 4.39 Å². The molecular weight excluding hydrogens is 373 g/mol. The molecule has 1 heterocycles. The van der Waals surface area contributed by atoms with Gasteiger partial charge in [-0.3, -0.25) is 4.79 Å². The van der Waals surface area contributed by atoms with Crippen LogP contribution in [0.25, 0.3) is 0 Å². The van der Waals surface area contributed by atoms with Crippen molar-refractivity contribution in [3.8, 4) is 17.2 Å². The van der Waals surface area contributed by atoms with Crippen molar-refractivity contribution in [1.29, 1.82) is 0 Å².